The SMILES string of the molecule is Cc1nc2c(c(N3CCC[C@@H](c4ccnn4CC(=O)O)C3)n1)CCC2. The zero-order valence-electron chi connectivity index (χ0n) is 14.5. The summed E-state index contributed by atoms with van der Waals surface area (Å²) in [5.41, 5.74) is 3.53. The Kier molecular flexibility index (Phi) is 4.15. The zero-order chi connectivity index (χ0) is 17.4. The maximum Gasteiger partial charge on any atom is 0.325 e. The van der Waals surface area contributed by atoms with Gasteiger partial charge >= 0.3 is 5.97 Å². The normalized spacial score (nSPS) is 19.9. The van der Waals surface area contributed by atoms with Crippen LogP contribution in [0.2, 0.25) is 0 Å². The number of rotatable bonds is 4. The molecule has 132 valence electrons. The minimum atomic E-state index is -0.859. The molecule has 0 unspecified atom stereocenters. The van der Waals surface area contributed by atoms with E-state index in [0.717, 1.165) is 62.5 Å². The van der Waals surface area contributed by atoms with E-state index < -0.39 is 5.97 Å². The Morgan fingerprint density at radius 3 is 3.04 bits per heavy atom. The van der Waals surface area contributed by atoms with Crippen molar-refractivity contribution in [1.29, 1.82) is 0 Å². The zero-order valence-corrected chi connectivity index (χ0v) is 14.5. The van der Waals surface area contributed by atoms with Gasteiger partial charge in [-0.15, -0.1) is 0 Å². The predicted molar refractivity (Wildman–Crippen MR) is 92.8 cm³/mol. The number of aliphatic carboxylic acids is 1. The Morgan fingerprint density at radius 2 is 2.20 bits per heavy atom. The van der Waals surface area contributed by atoms with Crippen LogP contribution in [0.1, 0.15) is 48.0 Å². The molecule has 7 nitrogen and oxygen atoms in total. The number of aromatic nitrogens is 4. The van der Waals surface area contributed by atoms with E-state index in [1.54, 1.807) is 10.9 Å². The van der Waals surface area contributed by atoms with E-state index in [9.17, 15) is 4.79 Å². The second-order valence-electron chi connectivity index (χ2n) is 6.97. The van der Waals surface area contributed by atoms with Crippen LogP contribution in [0.15, 0.2) is 12.3 Å². The smallest absolute Gasteiger partial charge is 0.325 e. The van der Waals surface area contributed by atoms with E-state index in [2.05, 4.69) is 15.0 Å². The molecule has 0 saturated carbocycles. The van der Waals surface area contributed by atoms with Crippen molar-refractivity contribution >= 4 is 11.8 Å². The Morgan fingerprint density at radius 1 is 1.32 bits per heavy atom. The van der Waals surface area contributed by atoms with Crippen molar-refractivity contribution in [3.05, 3.63) is 35.0 Å². The lowest BCUT2D eigenvalue weighted by atomic mass is 9.94. The fraction of sp³-hybridized carbons (Fsp3) is 0.556. The van der Waals surface area contributed by atoms with Crippen molar-refractivity contribution < 1.29 is 9.90 Å². The van der Waals surface area contributed by atoms with Gasteiger partial charge in [0.25, 0.3) is 0 Å². The van der Waals surface area contributed by atoms with Gasteiger partial charge in [-0.2, -0.15) is 5.10 Å². The molecule has 0 radical (unpaired) electrons. The van der Waals surface area contributed by atoms with Crippen LogP contribution in [0, 0.1) is 6.92 Å². The van der Waals surface area contributed by atoms with Crippen LogP contribution in [0.5, 0.6) is 0 Å². The van der Waals surface area contributed by atoms with E-state index in [4.69, 9.17) is 10.1 Å². The lowest BCUT2D eigenvalue weighted by Crippen LogP contribution is -2.36. The summed E-state index contributed by atoms with van der Waals surface area (Å²) in [6.07, 6.45) is 7.08. The molecule has 3 heterocycles. The summed E-state index contributed by atoms with van der Waals surface area (Å²) in [5, 5.41) is 13.3. The second-order valence-corrected chi connectivity index (χ2v) is 6.97. The van der Waals surface area contributed by atoms with Gasteiger partial charge in [0, 0.05) is 42.2 Å². The van der Waals surface area contributed by atoms with Gasteiger partial charge in [-0.3, -0.25) is 9.48 Å². The summed E-state index contributed by atoms with van der Waals surface area (Å²) < 4.78 is 1.62. The maximum absolute atomic E-state index is 11.1. The van der Waals surface area contributed by atoms with Crippen LogP contribution in [-0.4, -0.2) is 43.9 Å². The molecule has 1 aliphatic carbocycles. The number of fused-ring (bicyclic) bond motifs is 1. The van der Waals surface area contributed by atoms with E-state index in [0.29, 0.717) is 0 Å². The van der Waals surface area contributed by atoms with E-state index in [-0.39, 0.29) is 12.5 Å². The number of anilines is 1. The molecule has 7 heteroatoms. The van der Waals surface area contributed by atoms with Crippen molar-refractivity contribution in [3.63, 3.8) is 0 Å². The average Bonchev–Trinajstić information content (AvgIpc) is 3.22. The highest BCUT2D eigenvalue weighted by atomic mass is 16.4. The summed E-state index contributed by atoms with van der Waals surface area (Å²) in [4.78, 5) is 22.8. The first-order valence-corrected chi connectivity index (χ1v) is 8.96. The number of aryl methyl sites for hydroxylation is 2. The van der Waals surface area contributed by atoms with Crippen molar-refractivity contribution in [1.82, 2.24) is 19.7 Å². The van der Waals surface area contributed by atoms with Gasteiger partial charge in [-0.25, -0.2) is 9.97 Å². The monoisotopic (exact) mass is 341 g/mol. The second kappa shape index (κ2) is 6.46. The third-order valence-corrected chi connectivity index (χ3v) is 5.20. The van der Waals surface area contributed by atoms with Gasteiger partial charge in [0.05, 0.1) is 0 Å². The average molecular weight is 341 g/mol. The standard InChI is InChI=1S/C18H23N5O2/c1-12-20-15-6-2-5-14(15)18(21-12)22-9-3-4-13(10-22)16-7-8-19-23(16)11-17(24)25/h7-8,13H,2-6,9-11H2,1H3,(H,24,25)/t13-/m1/s1. The number of hydrogen-bond donors (Lipinski definition) is 1. The molecule has 1 saturated heterocycles. The van der Waals surface area contributed by atoms with Gasteiger partial charge < -0.3 is 10.0 Å². The van der Waals surface area contributed by atoms with Crippen LogP contribution in [0.25, 0.3) is 0 Å². The first-order chi connectivity index (χ1) is 12.1. The summed E-state index contributed by atoms with van der Waals surface area (Å²) in [6, 6.07) is 1.95. The molecule has 25 heavy (non-hydrogen) atoms. The summed E-state index contributed by atoms with van der Waals surface area (Å²) in [6.45, 7) is 3.73. The van der Waals surface area contributed by atoms with Crippen molar-refractivity contribution in [2.45, 2.75) is 51.5 Å². The quantitative estimate of drug-likeness (QED) is 0.915. The first kappa shape index (κ1) is 16.1. The molecule has 1 fully saturated rings. The van der Waals surface area contributed by atoms with E-state index in [1.807, 2.05) is 13.0 Å². The predicted octanol–water partition coefficient (Wildman–Crippen LogP) is 1.94. The summed E-state index contributed by atoms with van der Waals surface area (Å²) >= 11 is 0. The van der Waals surface area contributed by atoms with Gasteiger partial charge in [0.15, 0.2) is 0 Å². The number of carboxylic acids is 1. The molecule has 0 aromatic carbocycles. The summed E-state index contributed by atoms with van der Waals surface area (Å²) in [5.74, 6) is 1.35. The molecule has 0 amide bonds. The Labute approximate surface area is 146 Å². The Balaban J connectivity index is 1.60. The molecule has 2 aliphatic rings. The number of carbonyl (C=O) groups is 1. The van der Waals surface area contributed by atoms with Crippen LogP contribution >= 0.6 is 0 Å². The fourth-order valence-electron chi connectivity index (χ4n) is 4.16. The van der Waals surface area contributed by atoms with Gasteiger partial charge in [0.1, 0.15) is 18.2 Å². The van der Waals surface area contributed by atoms with Crippen LogP contribution in [0.4, 0.5) is 5.82 Å². The number of piperidine rings is 1. The first-order valence-electron chi connectivity index (χ1n) is 8.96. The lowest BCUT2D eigenvalue weighted by Gasteiger charge is -2.34. The topological polar surface area (TPSA) is 84.1 Å². The Hall–Kier alpha value is -2.44. The molecule has 4 rings (SSSR count). The molecular formula is C18H23N5O2. The molecule has 0 bridgehead atoms. The van der Waals surface area contributed by atoms with Gasteiger partial charge in [0.2, 0.25) is 0 Å². The van der Waals surface area contributed by atoms with Crippen molar-refractivity contribution in [2.24, 2.45) is 0 Å². The van der Waals surface area contributed by atoms with Crippen molar-refractivity contribution in [3.8, 4) is 0 Å². The van der Waals surface area contributed by atoms with E-state index >= 15 is 0 Å². The highest BCUT2D eigenvalue weighted by Crippen LogP contribution is 2.34. The molecule has 1 atom stereocenters. The highest BCUT2D eigenvalue weighted by molar-refractivity contribution is 5.66. The number of hydrogen-bond acceptors (Lipinski definition) is 5. The lowest BCUT2D eigenvalue weighted by molar-refractivity contribution is -0.137. The fourth-order valence-corrected chi connectivity index (χ4v) is 4.16. The molecule has 0 spiro atoms. The summed E-state index contributed by atoms with van der Waals surface area (Å²) in [7, 11) is 0. The Bertz CT molecular complexity index is 801. The molecule has 1 aliphatic heterocycles. The third-order valence-electron chi connectivity index (χ3n) is 5.20. The van der Waals surface area contributed by atoms with Crippen LogP contribution in [-0.2, 0) is 24.2 Å². The molecular weight excluding hydrogens is 318 g/mol. The largest absolute Gasteiger partial charge is 0.480 e. The van der Waals surface area contributed by atoms with Gasteiger partial charge in [-0.1, -0.05) is 0 Å². The van der Waals surface area contributed by atoms with Crippen LogP contribution < -0.4 is 4.90 Å². The number of carboxylic acid groups (broad SMARTS) is 1. The molecule has 1 N–H and O–H groups in total. The minimum absolute atomic E-state index is 0.0825. The number of nitrogens with zero attached hydrogens (tertiary/aromatic N) is 5. The molecule has 2 aromatic heterocycles. The van der Waals surface area contributed by atoms with Gasteiger partial charge in [-0.05, 0) is 45.1 Å². The van der Waals surface area contributed by atoms with Crippen LogP contribution in [0.3, 0.4) is 0 Å². The maximum atomic E-state index is 11.1. The molecule has 2 aromatic rings. The van der Waals surface area contributed by atoms with E-state index in [1.165, 1.54) is 11.3 Å². The minimum Gasteiger partial charge on any atom is -0.480 e. The van der Waals surface area contributed by atoms with Crippen molar-refractivity contribution in [2.75, 3.05) is 18.0 Å². The highest BCUT2D eigenvalue weighted by Gasteiger charge is 2.28. The third kappa shape index (κ3) is 3.10.